The Morgan fingerprint density at radius 3 is 2.33 bits per heavy atom. The first kappa shape index (κ1) is 28.9. The van der Waals surface area contributed by atoms with Crippen LogP contribution in [0.25, 0.3) is 10.2 Å². The molecule has 3 aromatic rings. The Balaban J connectivity index is 0.00000361. The maximum absolute atomic E-state index is 13.7. The summed E-state index contributed by atoms with van der Waals surface area (Å²) < 4.78 is 28.3. The molecule has 0 saturated carbocycles. The Morgan fingerprint density at radius 2 is 1.72 bits per heavy atom. The second kappa shape index (κ2) is 12.7. The average Bonchev–Trinajstić information content (AvgIpc) is 3.57. The van der Waals surface area contributed by atoms with E-state index in [9.17, 15) is 13.2 Å². The number of carbonyl (C=O) groups excluding carboxylic acids is 1. The van der Waals surface area contributed by atoms with E-state index in [0.29, 0.717) is 30.3 Å². The fraction of sp³-hybridized carbons (Fsp3) is 0.440. The molecule has 0 aliphatic carbocycles. The molecule has 196 valence electrons. The number of thioether (sulfide) groups is 1. The topological polar surface area (TPSA) is 73.8 Å². The van der Waals surface area contributed by atoms with Gasteiger partial charge in [0.2, 0.25) is 10.0 Å². The van der Waals surface area contributed by atoms with E-state index in [4.69, 9.17) is 4.98 Å². The van der Waals surface area contributed by atoms with Crippen molar-refractivity contribution >= 4 is 66.8 Å². The van der Waals surface area contributed by atoms with E-state index in [0.717, 1.165) is 47.6 Å². The van der Waals surface area contributed by atoms with Crippen molar-refractivity contribution in [3.05, 3.63) is 48.0 Å². The van der Waals surface area contributed by atoms with Crippen molar-refractivity contribution in [3.8, 4) is 0 Å². The van der Waals surface area contributed by atoms with Gasteiger partial charge in [0.1, 0.15) is 0 Å². The largest absolute Gasteiger partial charge is 0.302 e. The molecular weight excluding hydrogens is 536 g/mol. The highest BCUT2D eigenvalue weighted by molar-refractivity contribution is 7.98. The number of para-hydroxylation sites is 1. The van der Waals surface area contributed by atoms with Gasteiger partial charge in [-0.1, -0.05) is 31.3 Å². The van der Waals surface area contributed by atoms with Crippen LogP contribution >= 0.6 is 35.5 Å². The van der Waals surface area contributed by atoms with Crippen LogP contribution < -0.4 is 4.90 Å². The minimum absolute atomic E-state index is 0. The Hall–Kier alpha value is -1.69. The van der Waals surface area contributed by atoms with Gasteiger partial charge in [0, 0.05) is 36.6 Å². The van der Waals surface area contributed by atoms with Crippen LogP contribution in [0, 0.1) is 0 Å². The summed E-state index contributed by atoms with van der Waals surface area (Å²) in [6, 6.07) is 12.4. The second-order valence-corrected chi connectivity index (χ2v) is 12.2. The molecule has 1 saturated heterocycles. The van der Waals surface area contributed by atoms with Gasteiger partial charge in [0.15, 0.2) is 5.13 Å². The van der Waals surface area contributed by atoms with Crippen LogP contribution in [0.15, 0.2) is 52.3 Å². The molecule has 36 heavy (non-hydrogen) atoms. The van der Waals surface area contributed by atoms with E-state index in [1.807, 2.05) is 24.5 Å². The van der Waals surface area contributed by atoms with Crippen LogP contribution in [0.1, 0.15) is 37.0 Å². The van der Waals surface area contributed by atoms with Gasteiger partial charge in [-0.3, -0.25) is 9.69 Å². The molecule has 1 aliphatic heterocycles. The molecule has 0 spiro atoms. The van der Waals surface area contributed by atoms with E-state index in [-0.39, 0.29) is 23.2 Å². The monoisotopic (exact) mass is 568 g/mol. The van der Waals surface area contributed by atoms with Gasteiger partial charge in [-0.25, -0.2) is 13.4 Å². The molecule has 1 amide bonds. The number of thiazole rings is 1. The molecule has 0 atom stereocenters. The number of sulfonamides is 1. The summed E-state index contributed by atoms with van der Waals surface area (Å²) in [6.07, 6.45) is 3.80. The lowest BCUT2D eigenvalue weighted by molar-refractivity contribution is 0.0983. The molecule has 0 unspecified atom stereocenters. The molecule has 0 N–H and O–H groups in total. The molecule has 11 heteroatoms. The normalized spacial score (nSPS) is 14.3. The van der Waals surface area contributed by atoms with Crippen molar-refractivity contribution < 1.29 is 13.2 Å². The zero-order chi connectivity index (χ0) is 25.0. The molecule has 1 aliphatic rings. The molecular formula is C25H33ClN4O3S3. The van der Waals surface area contributed by atoms with Gasteiger partial charge in [-0.15, -0.1) is 24.2 Å². The Labute approximate surface area is 228 Å². The highest BCUT2D eigenvalue weighted by Gasteiger charge is 2.28. The lowest BCUT2D eigenvalue weighted by Gasteiger charge is -2.25. The smallest absolute Gasteiger partial charge is 0.260 e. The predicted molar refractivity (Wildman–Crippen MR) is 153 cm³/mol. The summed E-state index contributed by atoms with van der Waals surface area (Å²) >= 11 is 3.15. The van der Waals surface area contributed by atoms with Gasteiger partial charge in [-0.2, -0.15) is 4.31 Å². The summed E-state index contributed by atoms with van der Waals surface area (Å²) in [7, 11) is -3.52. The van der Waals surface area contributed by atoms with Crippen LogP contribution in [0.4, 0.5) is 5.13 Å². The zero-order valence-corrected chi connectivity index (χ0v) is 24.1. The molecule has 2 aromatic carbocycles. The maximum Gasteiger partial charge on any atom is 0.260 e. The van der Waals surface area contributed by atoms with E-state index in [1.54, 1.807) is 40.9 Å². The Kier molecular flexibility index (Phi) is 10.2. The van der Waals surface area contributed by atoms with Gasteiger partial charge < -0.3 is 4.90 Å². The van der Waals surface area contributed by atoms with Crippen LogP contribution in [0.5, 0.6) is 0 Å². The molecule has 7 nitrogen and oxygen atoms in total. The lowest BCUT2D eigenvalue weighted by atomic mass is 10.2. The zero-order valence-electron chi connectivity index (χ0n) is 20.8. The molecule has 2 heterocycles. The highest BCUT2D eigenvalue weighted by Crippen LogP contribution is 2.34. The standard InChI is InChI=1S/C25H32N4O3S3.ClH/c1-4-27(5-2)17-18-29(25-26-23-21(33-3)9-8-10-22(23)34-25)24(30)19-11-13-20(14-12-19)35(31,32)28-15-6-7-16-28;/h8-14H,4-7,15-18H2,1-3H3;1H. The fourth-order valence-corrected chi connectivity index (χ4v) is 7.42. The van der Waals surface area contributed by atoms with E-state index >= 15 is 0 Å². The number of aromatic nitrogens is 1. The number of nitrogens with zero attached hydrogens (tertiary/aromatic N) is 4. The van der Waals surface area contributed by atoms with Crippen molar-refractivity contribution in [1.29, 1.82) is 0 Å². The van der Waals surface area contributed by atoms with Gasteiger partial charge in [0.25, 0.3) is 5.91 Å². The van der Waals surface area contributed by atoms with E-state index < -0.39 is 10.0 Å². The number of benzene rings is 2. The first-order chi connectivity index (χ1) is 16.9. The number of fused-ring (bicyclic) bond motifs is 1. The number of anilines is 1. The SMILES string of the molecule is CCN(CC)CCN(C(=O)c1ccc(S(=O)(=O)N2CCCC2)cc1)c1nc2c(SC)cccc2s1.Cl. The number of carbonyl (C=O) groups is 1. The third kappa shape index (κ3) is 6.06. The lowest BCUT2D eigenvalue weighted by Crippen LogP contribution is -2.38. The van der Waals surface area contributed by atoms with Crippen LogP contribution in [0.2, 0.25) is 0 Å². The summed E-state index contributed by atoms with van der Waals surface area (Å²) in [6.45, 7) is 8.36. The summed E-state index contributed by atoms with van der Waals surface area (Å²) in [4.78, 5) is 23.9. The molecule has 1 fully saturated rings. The third-order valence-electron chi connectivity index (χ3n) is 6.40. The van der Waals surface area contributed by atoms with Crippen molar-refractivity contribution in [3.63, 3.8) is 0 Å². The third-order valence-corrected chi connectivity index (χ3v) is 10.1. The molecule has 1 aromatic heterocycles. The number of hydrogen-bond donors (Lipinski definition) is 0. The summed E-state index contributed by atoms with van der Waals surface area (Å²) in [5.41, 5.74) is 1.36. The van der Waals surface area contributed by atoms with Crippen molar-refractivity contribution in [2.24, 2.45) is 0 Å². The minimum atomic E-state index is -3.52. The second-order valence-electron chi connectivity index (χ2n) is 8.42. The first-order valence-corrected chi connectivity index (χ1v) is 15.4. The van der Waals surface area contributed by atoms with Gasteiger partial charge in [-0.05, 0) is 68.6 Å². The molecule has 0 bridgehead atoms. The van der Waals surface area contributed by atoms with Crippen molar-refractivity contribution in [2.75, 3.05) is 50.4 Å². The quantitative estimate of drug-likeness (QED) is 0.312. The summed E-state index contributed by atoms with van der Waals surface area (Å²) in [5.74, 6) is -0.174. The van der Waals surface area contributed by atoms with Crippen molar-refractivity contribution in [1.82, 2.24) is 14.2 Å². The minimum Gasteiger partial charge on any atom is -0.302 e. The molecule has 4 rings (SSSR count). The van der Waals surface area contributed by atoms with E-state index in [2.05, 4.69) is 18.7 Å². The van der Waals surface area contributed by atoms with Crippen LogP contribution in [-0.4, -0.2) is 74.0 Å². The first-order valence-electron chi connectivity index (χ1n) is 12.0. The van der Waals surface area contributed by atoms with Gasteiger partial charge in [0.05, 0.1) is 15.1 Å². The van der Waals surface area contributed by atoms with Crippen molar-refractivity contribution in [2.45, 2.75) is 36.5 Å². The molecule has 0 radical (unpaired) electrons. The Morgan fingerprint density at radius 1 is 1.06 bits per heavy atom. The fourth-order valence-electron chi connectivity index (χ4n) is 4.26. The Bertz CT molecular complexity index is 1270. The maximum atomic E-state index is 13.7. The number of amides is 1. The number of rotatable bonds is 10. The summed E-state index contributed by atoms with van der Waals surface area (Å²) in [5, 5.41) is 0.660. The predicted octanol–water partition coefficient (Wildman–Crippen LogP) is 5.21. The van der Waals surface area contributed by atoms with E-state index in [1.165, 1.54) is 15.6 Å². The van der Waals surface area contributed by atoms with Crippen LogP contribution in [-0.2, 0) is 10.0 Å². The number of likely N-dealkylation sites (N-methyl/N-ethyl adjacent to an activating group) is 1. The van der Waals surface area contributed by atoms with Crippen LogP contribution in [0.3, 0.4) is 0 Å². The number of halogens is 1. The average molecular weight is 569 g/mol. The highest BCUT2D eigenvalue weighted by atomic mass is 35.5. The van der Waals surface area contributed by atoms with Gasteiger partial charge >= 0.3 is 0 Å². The number of hydrogen-bond acceptors (Lipinski definition) is 7.